The third-order valence-electron chi connectivity index (χ3n) is 5.46. The number of thiazole rings is 1. The molecule has 0 unspecified atom stereocenters. The minimum Gasteiger partial charge on any atom is -0.494 e. The molecule has 1 amide bonds. The largest absolute Gasteiger partial charge is 0.494 e. The Hall–Kier alpha value is -3.15. The summed E-state index contributed by atoms with van der Waals surface area (Å²) in [5.74, 6) is 0.798. The van der Waals surface area contributed by atoms with Crippen LogP contribution in [0.15, 0.2) is 72.1 Å². The van der Waals surface area contributed by atoms with Gasteiger partial charge in [0.2, 0.25) is 5.91 Å². The van der Waals surface area contributed by atoms with Gasteiger partial charge in [0, 0.05) is 34.5 Å². The molecule has 174 valence electrons. The van der Waals surface area contributed by atoms with Crippen LogP contribution in [0.3, 0.4) is 0 Å². The fourth-order valence-corrected chi connectivity index (χ4v) is 4.60. The molecule has 0 saturated carbocycles. The predicted molar refractivity (Wildman–Crippen MR) is 140 cm³/mol. The molecule has 1 N–H and O–H groups in total. The minimum absolute atomic E-state index is 0.0121. The Labute approximate surface area is 209 Å². The summed E-state index contributed by atoms with van der Waals surface area (Å²) in [5.41, 5.74) is 6.17. The number of ether oxygens (including phenoxy) is 1. The van der Waals surface area contributed by atoms with Crippen LogP contribution >= 0.6 is 22.9 Å². The van der Waals surface area contributed by atoms with E-state index in [0.717, 1.165) is 49.3 Å². The van der Waals surface area contributed by atoms with Crippen molar-refractivity contribution in [2.45, 2.75) is 33.2 Å². The van der Waals surface area contributed by atoms with E-state index in [4.69, 9.17) is 21.3 Å². The van der Waals surface area contributed by atoms with E-state index in [9.17, 15) is 4.79 Å². The summed E-state index contributed by atoms with van der Waals surface area (Å²) in [4.78, 5) is 17.1. The first kappa shape index (κ1) is 24.0. The molecule has 4 aromatic rings. The van der Waals surface area contributed by atoms with Gasteiger partial charge < -0.3 is 10.1 Å². The summed E-state index contributed by atoms with van der Waals surface area (Å²) in [5, 5.41) is 6.82. The summed E-state index contributed by atoms with van der Waals surface area (Å²) in [6, 6.07) is 22.2. The first-order chi connectivity index (χ1) is 16.5. The Morgan fingerprint density at radius 1 is 1.00 bits per heavy atom. The molecule has 0 atom stereocenters. The molecule has 4 nitrogen and oxygen atoms in total. The van der Waals surface area contributed by atoms with Crippen LogP contribution in [0.1, 0.15) is 29.5 Å². The third-order valence-corrected chi connectivity index (χ3v) is 6.95. The van der Waals surface area contributed by atoms with Crippen molar-refractivity contribution in [3.05, 3.63) is 93.8 Å². The molecule has 4 rings (SSSR count). The van der Waals surface area contributed by atoms with Crippen LogP contribution in [-0.2, 0) is 11.3 Å². The standard InChI is InChI=1S/C28H27ClN2O2S/c1-19-14-24(15-20(2)27(19)29)33-13-7-12-26(32)30-17-21-8-6-11-23(16-21)28-31-25(18-34-28)22-9-4-3-5-10-22/h3-6,8-11,14-16,18H,7,12-13,17H2,1-2H3,(H,30,32). The highest BCUT2D eigenvalue weighted by Crippen LogP contribution is 2.29. The lowest BCUT2D eigenvalue weighted by molar-refractivity contribution is -0.121. The highest BCUT2D eigenvalue weighted by atomic mass is 35.5. The number of carbonyl (C=O) groups is 1. The molecule has 0 fully saturated rings. The molecule has 3 aromatic carbocycles. The molecular weight excluding hydrogens is 464 g/mol. The molecule has 0 saturated heterocycles. The fraction of sp³-hybridized carbons (Fsp3) is 0.214. The molecule has 1 heterocycles. The van der Waals surface area contributed by atoms with Gasteiger partial charge >= 0.3 is 0 Å². The van der Waals surface area contributed by atoms with Crippen LogP contribution < -0.4 is 10.1 Å². The van der Waals surface area contributed by atoms with Gasteiger partial charge in [-0.05, 0) is 55.2 Å². The van der Waals surface area contributed by atoms with Crippen LogP contribution in [0.5, 0.6) is 5.75 Å². The fourth-order valence-electron chi connectivity index (χ4n) is 3.66. The number of halogens is 1. The lowest BCUT2D eigenvalue weighted by Gasteiger charge is -2.10. The maximum atomic E-state index is 12.3. The van der Waals surface area contributed by atoms with Gasteiger partial charge in [-0.2, -0.15) is 0 Å². The summed E-state index contributed by atoms with van der Waals surface area (Å²) in [7, 11) is 0. The first-order valence-electron chi connectivity index (χ1n) is 11.3. The second-order valence-electron chi connectivity index (χ2n) is 8.20. The minimum atomic E-state index is 0.0121. The molecule has 0 spiro atoms. The number of nitrogens with zero attached hydrogens (tertiary/aromatic N) is 1. The van der Waals surface area contributed by atoms with Crippen molar-refractivity contribution in [3.8, 4) is 27.6 Å². The predicted octanol–water partition coefficient (Wildman–Crippen LogP) is 7.22. The lowest BCUT2D eigenvalue weighted by atomic mass is 10.1. The number of amides is 1. The summed E-state index contributed by atoms with van der Waals surface area (Å²) < 4.78 is 5.79. The highest BCUT2D eigenvalue weighted by molar-refractivity contribution is 7.13. The average Bonchev–Trinajstić information content (AvgIpc) is 3.35. The SMILES string of the molecule is Cc1cc(OCCCC(=O)NCc2cccc(-c3nc(-c4ccccc4)cs3)c2)cc(C)c1Cl. The summed E-state index contributed by atoms with van der Waals surface area (Å²) in [6.07, 6.45) is 1.06. The third kappa shape index (κ3) is 6.25. The number of benzene rings is 3. The number of hydrogen-bond acceptors (Lipinski definition) is 4. The molecular formula is C28H27ClN2O2S. The molecule has 0 aliphatic rings. The molecule has 6 heteroatoms. The summed E-state index contributed by atoms with van der Waals surface area (Å²) in [6.45, 7) is 4.89. The number of hydrogen-bond donors (Lipinski definition) is 1. The number of carbonyl (C=O) groups excluding carboxylic acids is 1. The van der Waals surface area contributed by atoms with Gasteiger partial charge in [-0.3, -0.25) is 4.79 Å². The Bertz CT molecular complexity index is 1250. The zero-order valence-corrected chi connectivity index (χ0v) is 20.9. The van der Waals surface area contributed by atoms with Gasteiger partial charge in [-0.25, -0.2) is 4.98 Å². The number of aromatic nitrogens is 1. The number of nitrogens with one attached hydrogen (secondary N) is 1. The van der Waals surface area contributed by atoms with Crippen LogP contribution in [-0.4, -0.2) is 17.5 Å². The monoisotopic (exact) mass is 490 g/mol. The van der Waals surface area contributed by atoms with Crippen molar-refractivity contribution in [1.82, 2.24) is 10.3 Å². The van der Waals surface area contributed by atoms with E-state index in [1.807, 2.05) is 56.3 Å². The molecule has 0 bridgehead atoms. The highest BCUT2D eigenvalue weighted by Gasteiger charge is 2.09. The van der Waals surface area contributed by atoms with Gasteiger partial charge in [-0.1, -0.05) is 60.1 Å². The van der Waals surface area contributed by atoms with Crippen molar-refractivity contribution in [2.75, 3.05) is 6.61 Å². The van der Waals surface area contributed by atoms with E-state index in [1.165, 1.54) is 0 Å². The van der Waals surface area contributed by atoms with Crippen LogP contribution in [0.4, 0.5) is 0 Å². The quantitative estimate of drug-likeness (QED) is 0.252. The zero-order chi connectivity index (χ0) is 23.9. The van der Waals surface area contributed by atoms with Crippen LogP contribution in [0, 0.1) is 13.8 Å². The van der Waals surface area contributed by atoms with E-state index in [1.54, 1.807) is 11.3 Å². The lowest BCUT2D eigenvalue weighted by Crippen LogP contribution is -2.23. The van der Waals surface area contributed by atoms with Gasteiger partial charge in [0.05, 0.1) is 12.3 Å². The smallest absolute Gasteiger partial charge is 0.220 e. The van der Waals surface area contributed by atoms with E-state index in [2.05, 4.69) is 35.0 Å². The Kier molecular flexibility index (Phi) is 7.99. The number of aryl methyl sites for hydroxylation is 2. The molecule has 0 radical (unpaired) electrons. The maximum Gasteiger partial charge on any atom is 0.220 e. The van der Waals surface area contributed by atoms with Gasteiger partial charge in [0.25, 0.3) is 0 Å². The normalized spacial score (nSPS) is 10.8. The Balaban J connectivity index is 1.25. The van der Waals surface area contributed by atoms with Gasteiger partial charge in [0.1, 0.15) is 10.8 Å². The topological polar surface area (TPSA) is 51.2 Å². The summed E-state index contributed by atoms with van der Waals surface area (Å²) >= 11 is 7.82. The molecule has 1 aromatic heterocycles. The number of rotatable bonds is 9. The van der Waals surface area contributed by atoms with Crippen molar-refractivity contribution >= 4 is 28.8 Å². The second kappa shape index (κ2) is 11.3. The average molecular weight is 491 g/mol. The molecule has 34 heavy (non-hydrogen) atoms. The van der Waals surface area contributed by atoms with Crippen molar-refractivity contribution in [1.29, 1.82) is 0 Å². The Morgan fingerprint density at radius 3 is 2.50 bits per heavy atom. The Morgan fingerprint density at radius 2 is 1.74 bits per heavy atom. The van der Waals surface area contributed by atoms with Crippen molar-refractivity contribution in [2.24, 2.45) is 0 Å². The van der Waals surface area contributed by atoms with E-state index >= 15 is 0 Å². The van der Waals surface area contributed by atoms with E-state index < -0.39 is 0 Å². The van der Waals surface area contributed by atoms with Gasteiger partial charge in [-0.15, -0.1) is 11.3 Å². The first-order valence-corrected chi connectivity index (χ1v) is 12.5. The van der Waals surface area contributed by atoms with Crippen LogP contribution in [0.25, 0.3) is 21.8 Å². The van der Waals surface area contributed by atoms with Gasteiger partial charge in [0.15, 0.2) is 0 Å². The molecule has 0 aliphatic heterocycles. The molecule has 0 aliphatic carbocycles. The zero-order valence-electron chi connectivity index (χ0n) is 19.3. The van der Waals surface area contributed by atoms with Crippen molar-refractivity contribution in [3.63, 3.8) is 0 Å². The van der Waals surface area contributed by atoms with E-state index in [-0.39, 0.29) is 5.91 Å². The maximum absolute atomic E-state index is 12.3. The van der Waals surface area contributed by atoms with E-state index in [0.29, 0.717) is 26.0 Å². The van der Waals surface area contributed by atoms with Crippen molar-refractivity contribution < 1.29 is 9.53 Å². The van der Waals surface area contributed by atoms with Crippen LogP contribution in [0.2, 0.25) is 5.02 Å². The second-order valence-corrected chi connectivity index (χ2v) is 9.44.